The van der Waals surface area contributed by atoms with Gasteiger partial charge in [-0.3, -0.25) is 9.36 Å². The number of anilines is 1. The number of piperidine rings is 1. The number of hydrogen-bond acceptors (Lipinski definition) is 3. The van der Waals surface area contributed by atoms with Crippen molar-refractivity contribution >= 4 is 29.0 Å². The van der Waals surface area contributed by atoms with Gasteiger partial charge in [0.25, 0.3) is 18.2 Å². The highest BCUT2D eigenvalue weighted by molar-refractivity contribution is 6.43. The van der Waals surface area contributed by atoms with E-state index in [9.17, 15) is 4.79 Å². The van der Waals surface area contributed by atoms with E-state index in [2.05, 4.69) is 9.74 Å². The molecule has 0 unspecified atom stereocenters. The molecule has 146 valence electrons. The summed E-state index contributed by atoms with van der Waals surface area (Å²) in [5.74, 6) is 1.30. The van der Waals surface area contributed by atoms with Crippen LogP contribution >= 0.6 is 23.2 Å². The van der Waals surface area contributed by atoms with Gasteiger partial charge in [-0.05, 0) is 44.7 Å². The van der Waals surface area contributed by atoms with Gasteiger partial charge in [-0.15, -0.1) is 0 Å². The molecule has 1 aliphatic carbocycles. The van der Waals surface area contributed by atoms with E-state index in [1.54, 1.807) is 24.3 Å². The predicted molar refractivity (Wildman–Crippen MR) is 114 cm³/mol. The summed E-state index contributed by atoms with van der Waals surface area (Å²) in [5.41, 5.74) is 0.609. The molecule has 1 aromatic heterocycles. The van der Waals surface area contributed by atoms with Crippen LogP contribution in [0.1, 0.15) is 37.9 Å². The van der Waals surface area contributed by atoms with E-state index in [1.165, 1.54) is 17.4 Å². The van der Waals surface area contributed by atoms with Crippen LogP contribution in [0.2, 0.25) is 10.0 Å². The lowest BCUT2D eigenvalue weighted by Crippen LogP contribution is -2.43. The second kappa shape index (κ2) is 7.42. The van der Waals surface area contributed by atoms with Crippen molar-refractivity contribution in [2.45, 2.75) is 45.1 Å². The van der Waals surface area contributed by atoms with E-state index in [4.69, 9.17) is 34.8 Å². The summed E-state index contributed by atoms with van der Waals surface area (Å²) in [6, 6.07) is 7.09. The van der Waals surface area contributed by atoms with E-state index in [0.29, 0.717) is 27.4 Å². The van der Waals surface area contributed by atoms with E-state index >= 15 is 0 Å². The number of halogens is 2. The molecule has 2 aliphatic rings. The zero-order valence-corrected chi connectivity index (χ0v) is 17.4. The summed E-state index contributed by atoms with van der Waals surface area (Å²) in [6.07, 6.45) is 5.53. The van der Waals surface area contributed by atoms with Gasteiger partial charge < -0.3 is 4.90 Å². The van der Waals surface area contributed by atoms with E-state index < -0.39 is 0 Å². The Morgan fingerprint density at radius 2 is 2.00 bits per heavy atom. The Bertz CT molecular complexity index is 1000. The van der Waals surface area contributed by atoms with Crippen LogP contribution < -0.4 is 10.5 Å². The highest BCUT2D eigenvalue weighted by Crippen LogP contribution is 2.48. The molecule has 0 amide bonds. The summed E-state index contributed by atoms with van der Waals surface area (Å²) in [7, 11) is 0. The molecule has 28 heavy (non-hydrogen) atoms. The van der Waals surface area contributed by atoms with Gasteiger partial charge in [-0.2, -0.15) is 0 Å². The van der Waals surface area contributed by atoms with Crippen molar-refractivity contribution in [1.82, 2.24) is 9.55 Å². The minimum absolute atomic E-state index is 0.164. The van der Waals surface area contributed by atoms with Gasteiger partial charge in [0.2, 0.25) is 0 Å². The number of benzene rings is 1. The Balaban J connectivity index is 1.61. The molecule has 0 radical (unpaired) electrons. The Morgan fingerprint density at radius 1 is 1.25 bits per heavy atom. The van der Waals surface area contributed by atoms with Gasteiger partial charge in [-0.25, -0.2) is 4.98 Å². The number of aryl methyl sites for hydroxylation is 1. The van der Waals surface area contributed by atoms with Crippen LogP contribution in [0, 0.1) is 18.9 Å². The summed E-state index contributed by atoms with van der Waals surface area (Å²) in [6.45, 7) is 9.19. The number of nitrogens with zero attached hydrogens (tertiary/aromatic N) is 4. The van der Waals surface area contributed by atoms with Crippen LogP contribution in [0.4, 0.5) is 5.82 Å². The Hall–Kier alpha value is -2.03. The lowest BCUT2D eigenvalue weighted by Gasteiger charge is -2.38. The largest absolute Gasteiger partial charge is 0.356 e. The fraction of sp³-hybridized carbons (Fsp3) is 0.476. The van der Waals surface area contributed by atoms with Gasteiger partial charge >= 0.3 is 0 Å². The molecule has 0 N–H and O–H groups in total. The third-order valence-electron chi connectivity index (χ3n) is 6.37. The van der Waals surface area contributed by atoms with Crippen LogP contribution in [0.25, 0.3) is 10.5 Å². The zero-order valence-electron chi connectivity index (χ0n) is 15.9. The normalized spacial score (nSPS) is 21.1. The van der Waals surface area contributed by atoms with Gasteiger partial charge in [0.05, 0.1) is 21.1 Å². The molecule has 2 fully saturated rings. The van der Waals surface area contributed by atoms with E-state index in [-0.39, 0.29) is 17.0 Å². The van der Waals surface area contributed by atoms with Crippen molar-refractivity contribution < 1.29 is 0 Å². The molecule has 1 saturated heterocycles. The second-order valence-electron chi connectivity index (χ2n) is 7.81. The SMILES string of the molecule is C#[N+][C@H]1CCCC12CCN(c1cc(=O)n(-c3cccc(Cl)c3Cl)c(C)n1)CC2. The summed E-state index contributed by atoms with van der Waals surface area (Å²) >= 11 is 12.4. The lowest BCUT2D eigenvalue weighted by atomic mass is 9.74. The van der Waals surface area contributed by atoms with Crippen LogP contribution in [0.15, 0.2) is 29.1 Å². The van der Waals surface area contributed by atoms with Crippen molar-refractivity contribution in [2.24, 2.45) is 5.41 Å². The monoisotopic (exact) mass is 417 g/mol. The first kappa shape index (κ1) is 19.3. The molecule has 5 nitrogen and oxygen atoms in total. The third-order valence-corrected chi connectivity index (χ3v) is 7.18. The van der Waals surface area contributed by atoms with Crippen molar-refractivity contribution in [3.05, 3.63) is 55.3 Å². The smallest absolute Gasteiger partial charge is 0.277 e. The van der Waals surface area contributed by atoms with Crippen molar-refractivity contribution in [1.29, 1.82) is 0 Å². The highest BCUT2D eigenvalue weighted by atomic mass is 35.5. The summed E-state index contributed by atoms with van der Waals surface area (Å²) in [5, 5.41) is 0.758. The molecule has 1 saturated carbocycles. The molecule has 0 bridgehead atoms. The molecule has 1 aromatic carbocycles. The van der Waals surface area contributed by atoms with E-state index in [0.717, 1.165) is 32.4 Å². The maximum absolute atomic E-state index is 12.9. The van der Waals surface area contributed by atoms with E-state index in [1.807, 2.05) is 6.92 Å². The quantitative estimate of drug-likeness (QED) is 0.693. The molecule has 2 heterocycles. The number of aromatic nitrogens is 2. The molecule has 2 aromatic rings. The molecule has 1 spiro atoms. The topological polar surface area (TPSA) is 42.5 Å². The molecule has 1 atom stereocenters. The average Bonchev–Trinajstić information content (AvgIpc) is 3.07. The Morgan fingerprint density at radius 3 is 2.68 bits per heavy atom. The second-order valence-corrected chi connectivity index (χ2v) is 8.60. The fourth-order valence-electron chi connectivity index (χ4n) is 4.82. The van der Waals surface area contributed by atoms with Crippen LogP contribution in [-0.2, 0) is 0 Å². The van der Waals surface area contributed by atoms with Gasteiger partial charge in [0.15, 0.2) is 0 Å². The predicted octanol–water partition coefficient (Wildman–Crippen LogP) is 4.95. The summed E-state index contributed by atoms with van der Waals surface area (Å²) < 4.78 is 1.50. The zero-order chi connectivity index (χ0) is 19.9. The van der Waals surface area contributed by atoms with Gasteiger partial charge in [0, 0.05) is 25.6 Å². The van der Waals surface area contributed by atoms with Gasteiger partial charge in [0.1, 0.15) is 11.6 Å². The highest BCUT2D eigenvalue weighted by Gasteiger charge is 2.51. The van der Waals surface area contributed by atoms with Crippen molar-refractivity contribution in [3.8, 4) is 12.3 Å². The van der Waals surface area contributed by atoms with Gasteiger partial charge in [-0.1, -0.05) is 34.1 Å². The van der Waals surface area contributed by atoms with Crippen LogP contribution in [0.3, 0.4) is 0 Å². The minimum Gasteiger partial charge on any atom is -0.356 e. The van der Waals surface area contributed by atoms with Crippen molar-refractivity contribution in [3.63, 3.8) is 0 Å². The standard InChI is InChI=1S/C21H23Cl2N4O/c1-14-25-18(13-19(28)27(14)16-6-3-5-15(22)20(16)23)26-11-9-21(10-12-26)8-4-7-17(21)24-2/h2-3,5-6,13,17H,4,7-12H2,1H3/q+1/t17-/m0/s1. The third kappa shape index (κ3) is 3.19. The Kier molecular flexibility index (Phi) is 5.11. The Labute approximate surface area is 174 Å². The molecule has 7 heteroatoms. The van der Waals surface area contributed by atoms with Crippen LogP contribution in [-0.4, -0.2) is 28.7 Å². The van der Waals surface area contributed by atoms with Crippen molar-refractivity contribution in [2.75, 3.05) is 18.0 Å². The molecule has 1 aliphatic heterocycles. The molecular formula is C21H23Cl2N4O+. The first-order chi connectivity index (χ1) is 13.4. The fourth-order valence-corrected chi connectivity index (χ4v) is 5.20. The summed E-state index contributed by atoms with van der Waals surface area (Å²) in [4.78, 5) is 23.9. The minimum atomic E-state index is -0.164. The molecule has 4 rings (SSSR count). The molecular weight excluding hydrogens is 395 g/mol. The number of hydrogen-bond donors (Lipinski definition) is 0. The lowest BCUT2D eigenvalue weighted by molar-refractivity contribution is 0.216. The average molecular weight is 418 g/mol. The maximum Gasteiger partial charge on any atom is 0.277 e. The first-order valence-corrected chi connectivity index (χ1v) is 10.4. The number of rotatable bonds is 2. The van der Waals surface area contributed by atoms with Crippen LogP contribution in [0.5, 0.6) is 0 Å². The maximum atomic E-state index is 12.9. The first-order valence-electron chi connectivity index (χ1n) is 9.65.